The molecule has 6 heteroatoms. The first-order valence-electron chi connectivity index (χ1n) is 6.46. The van der Waals surface area contributed by atoms with Crippen LogP contribution in [0.3, 0.4) is 0 Å². The van der Waals surface area contributed by atoms with Gasteiger partial charge >= 0.3 is 0 Å². The number of aromatic nitrogens is 1. The summed E-state index contributed by atoms with van der Waals surface area (Å²) in [6.07, 6.45) is 0. The third-order valence-corrected chi connectivity index (χ3v) is 3.06. The van der Waals surface area contributed by atoms with Gasteiger partial charge in [0.05, 0.1) is 5.69 Å². The van der Waals surface area contributed by atoms with Crippen molar-refractivity contribution in [3.05, 3.63) is 46.8 Å². The lowest BCUT2D eigenvalue weighted by atomic mass is 10.1. The molecule has 0 aliphatic rings. The SMILES string of the molecule is Cc1noc(C)c1C(=O)Nc1ccc(C(=O)N(C)C)cc1. The fourth-order valence-corrected chi connectivity index (χ4v) is 1.96. The summed E-state index contributed by atoms with van der Waals surface area (Å²) in [4.78, 5) is 25.4. The molecule has 2 amide bonds. The summed E-state index contributed by atoms with van der Waals surface area (Å²) in [7, 11) is 3.38. The number of amides is 2. The fraction of sp³-hybridized carbons (Fsp3) is 0.267. The summed E-state index contributed by atoms with van der Waals surface area (Å²) in [6.45, 7) is 3.40. The molecule has 0 aliphatic carbocycles. The van der Waals surface area contributed by atoms with E-state index in [4.69, 9.17) is 4.52 Å². The Morgan fingerprint density at radius 1 is 1.14 bits per heavy atom. The van der Waals surface area contributed by atoms with E-state index in [1.165, 1.54) is 4.90 Å². The van der Waals surface area contributed by atoms with E-state index < -0.39 is 0 Å². The molecule has 1 aromatic carbocycles. The maximum Gasteiger partial charge on any atom is 0.261 e. The number of carbonyl (C=O) groups excluding carboxylic acids is 2. The molecule has 0 saturated carbocycles. The number of nitrogens with one attached hydrogen (secondary N) is 1. The van der Waals surface area contributed by atoms with E-state index in [1.54, 1.807) is 52.2 Å². The van der Waals surface area contributed by atoms with Gasteiger partial charge in [-0.05, 0) is 38.1 Å². The summed E-state index contributed by atoms with van der Waals surface area (Å²) < 4.78 is 4.97. The molecule has 0 atom stereocenters. The van der Waals surface area contributed by atoms with Crippen molar-refractivity contribution in [1.29, 1.82) is 0 Å². The van der Waals surface area contributed by atoms with Crippen LogP contribution in [0.15, 0.2) is 28.8 Å². The maximum atomic E-state index is 12.2. The van der Waals surface area contributed by atoms with Crippen LogP contribution in [0.2, 0.25) is 0 Å². The normalized spacial score (nSPS) is 10.3. The van der Waals surface area contributed by atoms with Crippen LogP contribution in [0.5, 0.6) is 0 Å². The molecule has 0 fully saturated rings. The van der Waals surface area contributed by atoms with Crippen molar-refractivity contribution in [3.63, 3.8) is 0 Å². The van der Waals surface area contributed by atoms with E-state index in [1.807, 2.05) is 0 Å². The van der Waals surface area contributed by atoms with E-state index in [-0.39, 0.29) is 11.8 Å². The molecule has 21 heavy (non-hydrogen) atoms. The molecule has 0 aliphatic heterocycles. The fourth-order valence-electron chi connectivity index (χ4n) is 1.96. The van der Waals surface area contributed by atoms with Crippen LogP contribution in [0.25, 0.3) is 0 Å². The third-order valence-electron chi connectivity index (χ3n) is 3.06. The zero-order valence-corrected chi connectivity index (χ0v) is 12.4. The topological polar surface area (TPSA) is 75.4 Å². The Bertz CT molecular complexity index is 652. The Morgan fingerprint density at radius 2 is 1.76 bits per heavy atom. The number of carbonyl (C=O) groups is 2. The lowest BCUT2D eigenvalue weighted by Gasteiger charge is -2.11. The van der Waals surface area contributed by atoms with Gasteiger partial charge in [-0.2, -0.15) is 0 Å². The Labute approximate surface area is 122 Å². The molecule has 0 unspecified atom stereocenters. The van der Waals surface area contributed by atoms with Crippen molar-refractivity contribution in [2.24, 2.45) is 0 Å². The molecule has 2 aromatic rings. The van der Waals surface area contributed by atoms with Crippen molar-refractivity contribution < 1.29 is 14.1 Å². The van der Waals surface area contributed by atoms with Crippen LogP contribution in [0.4, 0.5) is 5.69 Å². The second-order valence-electron chi connectivity index (χ2n) is 4.93. The highest BCUT2D eigenvalue weighted by Gasteiger charge is 2.17. The van der Waals surface area contributed by atoms with Crippen molar-refractivity contribution in [3.8, 4) is 0 Å². The highest BCUT2D eigenvalue weighted by atomic mass is 16.5. The summed E-state index contributed by atoms with van der Waals surface area (Å²) in [5.74, 6) is 0.112. The van der Waals surface area contributed by atoms with Gasteiger partial charge in [-0.3, -0.25) is 9.59 Å². The number of nitrogens with zero attached hydrogens (tertiary/aromatic N) is 2. The van der Waals surface area contributed by atoms with Gasteiger partial charge in [0.25, 0.3) is 11.8 Å². The molecule has 0 spiro atoms. The summed E-state index contributed by atoms with van der Waals surface area (Å²) >= 11 is 0. The molecule has 1 N–H and O–H groups in total. The van der Waals surface area contributed by atoms with E-state index >= 15 is 0 Å². The predicted molar refractivity (Wildman–Crippen MR) is 78.4 cm³/mol. The first-order valence-corrected chi connectivity index (χ1v) is 6.46. The van der Waals surface area contributed by atoms with Gasteiger partial charge in [-0.15, -0.1) is 0 Å². The molecule has 1 aromatic heterocycles. The van der Waals surface area contributed by atoms with E-state index in [0.717, 1.165) is 0 Å². The van der Waals surface area contributed by atoms with Gasteiger partial charge in [-0.1, -0.05) is 5.16 Å². The third kappa shape index (κ3) is 3.10. The van der Waals surface area contributed by atoms with Crippen LogP contribution in [0, 0.1) is 13.8 Å². The molecular formula is C15H17N3O3. The summed E-state index contributed by atoms with van der Waals surface area (Å²) in [6, 6.07) is 6.72. The van der Waals surface area contributed by atoms with Crippen LogP contribution in [0.1, 0.15) is 32.2 Å². The van der Waals surface area contributed by atoms with E-state index in [9.17, 15) is 9.59 Å². The zero-order valence-electron chi connectivity index (χ0n) is 12.4. The lowest BCUT2D eigenvalue weighted by molar-refractivity contribution is 0.0827. The largest absolute Gasteiger partial charge is 0.361 e. The first-order chi connectivity index (χ1) is 9.90. The second kappa shape index (κ2) is 5.78. The molecule has 6 nitrogen and oxygen atoms in total. The monoisotopic (exact) mass is 287 g/mol. The average molecular weight is 287 g/mol. The Morgan fingerprint density at radius 3 is 2.24 bits per heavy atom. The number of hydrogen-bond donors (Lipinski definition) is 1. The highest BCUT2D eigenvalue weighted by molar-refractivity contribution is 6.05. The average Bonchev–Trinajstić information content (AvgIpc) is 2.78. The molecule has 2 rings (SSSR count). The smallest absolute Gasteiger partial charge is 0.261 e. The molecular weight excluding hydrogens is 270 g/mol. The zero-order chi connectivity index (χ0) is 15.6. The van der Waals surface area contributed by atoms with Crippen LogP contribution >= 0.6 is 0 Å². The molecule has 0 radical (unpaired) electrons. The standard InChI is InChI=1S/C15H17N3O3/c1-9-13(10(2)21-17-9)14(19)16-12-7-5-11(6-8-12)15(20)18(3)4/h5-8H,1-4H3,(H,16,19). The van der Waals surface area contributed by atoms with Gasteiger partial charge < -0.3 is 14.7 Å². The highest BCUT2D eigenvalue weighted by Crippen LogP contribution is 2.16. The Balaban J connectivity index is 2.14. The number of rotatable bonds is 3. The van der Waals surface area contributed by atoms with Gasteiger partial charge in [0.1, 0.15) is 11.3 Å². The van der Waals surface area contributed by atoms with Gasteiger partial charge in [-0.25, -0.2) is 0 Å². The van der Waals surface area contributed by atoms with Crippen LogP contribution in [-0.2, 0) is 0 Å². The quantitative estimate of drug-likeness (QED) is 0.939. The van der Waals surface area contributed by atoms with E-state index in [0.29, 0.717) is 28.3 Å². The van der Waals surface area contributed by atoms with Crippen molar-refractivity contribution >= 4 is 17.5 Å². The number of hydrogen-bond acceptors (Lipinski definition) is 4. The van der Waals surface area contributed by atoms with Crippen molar-refractivity contribution in [1.82, 2.24) is 10.1 Å². The minimum atomic E-state index is -0.280. The minimum absolute atomic E-state index is 0.0846. The van der Waals surface area contributed by atoms with Gasteiger partial charge in [0.15, 0.2) is 0 Å². The second-order valence-corrected chi connectivity index (χ2v) is 4.93. The Hall–Kier alpha value is -2.63. The molecule has 110 valence electrons. The number of benzene rings is 1. The predicted octanol–water partition coefficient (Wildman–Crippen LogP) is 2.25. The molecule has 0 bridgehead atoms. The molecule has 1 heterocycles. The van der Waals surface area contributed by atoms with Crippen LogP contribution in [-0.4, -0.2) is 36.0 Å². The first kappa shape index (κ1) is 14.8. The van der Waals surface area contributed by atoms with Gasteiger partial charge in [0.2, 0.25) is 0 Å². The molecule has 0 saturated heterocycles. The number of anilines is 1. The summed E-state index contributed by atoms with van der Waals surface area (Å²) in [5.41, 5.74) is 2.15. The maximum absolute atomic E-state index is 12.2. The van der Waals surface area contributed by atoms with E-state index in [2.05, 4.69) is 10.5 Å². The summed E-state index contributed by atoms with van der Waals surface area (Å²) in [5, 5.41) is 6.51. The lowest BCUT2D eigenvalue weighted by Crippen LogP contribution is -2.21. The van der Waals surface area contributed by atoms with Crippen LogP contribution < -0.4 is 5.32 Å². The minimum Gasteiger partial charge on any atom is -0.361 e. The van der Waals surface area contributed by atoms with Gasteiger partial charge in [0, 0.05) is 25.3 Å². The van der Waals surface area contributed by atoms with Crippen molar-refractivity contribution in [2.75, 3.05) is 19.4 Å². The number of aryl methyl sites for hydroxylation is 2. The van der Waals surface area contributed by atoms with Crippen molar-refractivity contribution in [2.45, 2.75) is 13.8 Å². The Kier molecular flexibility index (Phi) is 4.07.